The normalized spacial score (nSPS) is 21.4. The summed E-state index contributed by atoms with van der Waals surface area (Å²) in [5.74, 6) is -0.895. The Bertz CT molecular complexity index is 688. The van der Waals surface area contributed by atoms with E-state index in [1.807, 2.05) is 6.07 Å². The molecule has 1 aliphatic rings. The number of benzene rings is 1. The van der Waals surface area contributed by atoms with Crippen molar-refractivity contribution in [2.45, 2.75) is 43.9 Å². The van der Waals surface area contributed by atoms with Crippen molar-refractivity contribution in [1.29, 1.82) is 0 Å². The van der Waals surface area contributed by atoms with Crippen LogP contribution in [0.3, 0.4) is 0 Å². The number of aliphatic hydroxyl groups is 1. The molecule has 0 radical (unpaired) electrons. The molecule has 2 aromatic rings. The van der Waals surface area contributed by atoms with Crippen LogP contribution in [0.15, 0.2) is 42.7 Å². The number of halogens is 1. The molecule has 0 aliphatic heterocycles. The maximum atomic E-state index is 12.8. The standard InChI is InChI=1S/C18H20FN3O3/c19-13-10-20-18(21-11-13)25-15-8-6-14(7-9-15)22-17(24)16(23)12-4-2-1-3-5-12/h1-5,10-11,14-16,23H,6-9H2,(H,22,24)/t14?,15?,16-/m0/s1. The van der Waals surface area contributed by atoms with Crippen LogP contribution in [0.1, 0.15) is 37.4 Å². The van der Waals surface area contributed by atoms with Crippen LogP contribution in [0.25, 0.3) is 0 Å². The Balaban J connectivity index is 1.46. The minimum Gasteiger partial charge on any atom is -0.460 e. The first-order valence-electron chi connectivity index (χ1n) is 8.29. The summed E-state index contributed by atoms with van der Waals surface area (Å²) in [7, 11) is 0. The fourth-order valence-electron chi connectivity index (χ4n) is 2.90. The summed E-state index contributed by atoms with van der Waals surface area (Å²) < 4.78 is 18.4. The average molecular weight is 345 g/mol. The van der Waals surface area contributed by atoms with Gasteiger partial charge >= 0.3 is 6.01 Å². The molecule has 1 aromatic heterocycles. The van der Waals surface area contributed by atoms with Gasteiger partial charge in [0.15, 0.2) is 11.9 Å². The monoisotopic (exact) mass is 345 g/mol. The van der Waals surface area contributed by atoms with Gasteiger partial charge in [-0.2, -0.15) is 0 Å². The van der Waals surface area contributed by atoms with Crippen LogP contribution < -0.4 is 10.1 Å². The molecule has 6 nitrogen and oxygen atoms in total. The topological polar surface area (TPSA) is 84.3 Å². The van der Waals surface area contributed by atoms with Crippen LogP contribution >= 0.6 is 0 Å². The van der Waals surface area contributed by atoms with Crippen LogP contribution in [-0.2, 0) is 4.79 Å². The third-order valence-electron chi connectivity index (χ3n) is 4.25. The van der Waals surface area contributed by atoms with Crippen LogP contribution in [0.2, 0.25) is 0 Å². The summed E-state index contributed by atoms with van der Waals surface area (Å²) in [6.07, 6.45) is 3.84. The highest BCUT2D eigenvalue weighted by Gasteiger charge is 2.26. The fourth-order valence-corrected chi connectivity index (χ4v) is 2.90. The van der Waals surface area contributed by atoms with Gasteiger partial charge < -0.3 is 15.2 Å². The smallest absolute Gasteiger partial charge is 0.316 e. The number of aliphatic hydroxyl groups excluding tert-OH is 1. The molecule has 1 heterocycles. The molecule has 1 aliphatic carbocycles. The van der Waals surface area contributed by atoms with E-state index in [0.29, 0.717) is 5.56 Å². The van der Waals surface area contributed by atoms with Crippen molar-refractivity contribution in [3.05, 3.63) is 54.1 Å². The van der Waals surface area contributed by atoms with E-state index in [4.69, 9.17) is 4.74 Å². The predicted molar refractivity (Wildman–Crippen MR) is 88.2 cm³/mol. The summed E-state index contributed by atoms with van der Waals surface area (Å²) in [6.45, 7) is 0. The lowest BCUT2D eigenvalue weighted by atomic mass is 9.92. The second kappa shape index (κ2) is 8.02. The lowest BCUT2D eigenvalue weighted by Gasteiger charge is -2.29. The summed E-state index contributed by atoms with van der Waals surface area (Å²) in [5, 5.41) is 13.0. The Labute approximate surface area is 145 Å². The van der Waals surface area contributed by atoms with Crippen molar-refractivity contribution < 1.29 is 19.0 Å². The Hall–Kier alpha value is -2.54. The molecule has 2 N–H and O–H groups in total. The van der Waals surface area contributed by atoms with E-state index in [1.165, 1.54) is 0 Å². The molecule has 25 heavy (non-hydrogen) atoms. The molecule has 0 saturated heterocycles. The van der Waals surface area contributed by atoms with Gasteiger partial charge in [0.2, 0.25) is 0 Å². The minimum absolute atomic E-state index is 0.000140. The third-order valence-corrected chi connectivity index (χ3v) is 4.25. The lowest BCUT2D eigenvalue weighted by Crippen LogP contribution is -2.41. The summed E-state index contributed by atoms with van der Waals surface area (Å²) in [5.41, 5.74) is 0.575. The molecule has 7 heteroatoms. The van der Waals surface area contributed by atoms with E-state index in [2.05, 4.69) is 15.3 Å². The number of hydrogen-bond acceptors (Lipinski definition) is 5. The maximum Gasteiger partial charge on any atom is 0.316 e. The van der Waals surface area contributed by atoms with Gasteiger partial charge in [0, 0.05) is 6.04 Å². The quantitative estimate of drug-likeness (QED) is 0.867. The number of rotatable bonds is 5. The Morgan fingerprint density at radius 1 is 1.16 bits per heavy atom. The summed E-state index contributed by atoms with van der Waals surface area (Å²) in [6, 6.07) is 9.00. The second-order valence-corrected chi connectivity index (χ2v) is 6.10. The van der Waals surface area contributed by atoms with Gasteiger partial charge in [0.1, 0.15) is 6.10 Å². The van der Waals surface area contributed by atoms with Crippen LogP contribution in [0.5, 0.6) is 6.01 Å². The van der Waals surface area contributed by atoms with E-state index >= 15 is 0 Å². The third kappa shape index (κ3) is 4.73. The van der Waals surface area contributed by atoms with E-state index in [-0.39, 0.29) is 18.2 Å². The molecule has 1 aromatic carbocycles. The SMILES string of the molecule is O=C(NC1CCC(Oc2ncc(F)cn2)CC1)[C@@H](O)c1ccccc1. The van der Waals surface area contributed by atoms with Crippen molar-refractivity contribution in [1.82, 2.24) is 15.3 Å². The van der Waals surface area contributed by atoms with Crippen LogP contribution in [0.4, 0.5) is 4.39 Å². The van der Waals surface area contributed by atoms with Crippen molar-refractivity contribution in [3.63, 3.8) is 0 Å². The predicted octanol–water partition coefficient (Wildman–Crippen LogP) is 2.16. The van der Waals surface area contributed by atoms with Crippen molar-refractivity contribution in [2.24, 2.45) is 0 Å². The molecule has 1 saturated carbocycles. The molecule has 1 fully saturated rings. The Morgan fingerprint density at radius 3 is 2.44 bits per heavy atom. The Kier molecular flexibility index (Phi) is 5.55. The fraction of sp³-hybridized carbons (Fsp3) is 0.389. The van der Waals surface area contributed by atoms with E-state index in [0.717, 1.165) is 38.1 Å². The zero-order valence-electron chi connectivity index (χ0n) is 13.6. The number of nitrogens with zero attached hydrogens (tertiary/aromatic N) is 2. The highest BCUT2D eigenvalue weighted by Crippen LogP contribution is 2.23. The van der Waals surface area contributed by atoms with Crippen LogP contribution in [0, 0.1) is 5.82 Å². The first-order valence-corrected chi connectivity index (χ1v) is 8.29. The summed E-state index contributed by atoms with van der Waals surface area (Å²) in [4.78, 5) is 19.7. The molecule has 1 atom stereocenters. The number of aromatic nitrogens is 2. The van der Waals surface area contributed by atoms with Gasteiger partial charge in [0.25, 0.3) is 5.91 Å². The van der Waals surface area contributed by atoms with E-state index in [9.17, 15) is 14.3 Å². The average Bonchev–Trinajstić information content (AvgIpc) is 2.65. The minimum atomic E-state index is -1.16. The molecule has 3 rings (SSSR count). The number of hydrogen-bond donors (Lipinski definition) is 2. The van der Waals surface area contributed by atoms with Crippen molar-refractivity contribution in [2.75, 3.05) is 0 Å². The molecule has 132 valence electrons. The highest BCUT2D eigenvalue weighted by atomic mass is 19.1. The molecule has 1 amide bonds. The molecular weight excluding hydrogens is 325 g/mol. The van der Waals surface area contributed by atoms with E-state index in [1.54, 1.807) is 24.3 Å². The Morgan fingerprint density at radius 2 is 1.80 bits per heavy atom. The zero-order valence-corrected chi connectivity index (χ0v) is 13.6. The van der Waals surface area contributed by atoms with Crippen molar-refractivity contribution in [3.8, 4) is 6.01 Å². The lowest BCUT2D eigenvalue weighted by molar-refractivity contribution is -0.130. The van der Waals surface area contributed by atoms with Crippen molar-refractivity contribution >= 4 is 5.91 Å². The number of amides is 1. The van der Waals surface area contributed by atoms with Gasteiger partial charge in [0.05, 0.1) is 12.4 Å². The molecule has 0 bridgehead atoms. The van der Waals surface area contributed by atoms with E-state index < -0.39 is 17.8 Å². The largest absolute Gasteiger partial charge is 0.460 e. The van der Waals surface area contributed by atoms with Crippen LogP contribution in [-0.4, -0.2) is 33.1 Å². The number of carbonyl (C=O) groups excluding carboxylic acids is 1. The first-order chi connectivity index (χ1) is 12.1. The maximum absolute atomic E-state index is 12.8. The molecule has 0 spiro atoms. The first kappa shape index (κ1) is 17.3. The molecule has 0 unspecified atom stereocenters. The highest BCUT2D eigenvalue weighted by molar-refractivity contribution is 5.82. The van der Waals surface area contributed by atoms with Gasteiger partial charge in [-0.3, -0.25) is 4.79 Å². The summed E-state index contributed by atoms with van der Waals surface area (Å²) >= 11 is 0. The van der Waals surface area contributed by atoms with Gasteiger partial charge in [-0.05, 0) is 31.2 Å². The number of ether oxygens (including phenoxy) is 1. The van der Waals surface area contributed by atoms with Gasteiger partial charge in [-0.25, -0.2) is 14.4 Å². The number of nitrogens with one attached hydrogen (secondary N) is 1. The number of carbonyl (C=O) groups is 1. The second-order valence-electron chi connectivity index (χ2n) is 6.10. The zero-order chi connectivity index (χ0) is 17.6. The van der Waals surface area contributed by atoms with Gasteiger partial charge in [-0.1, -0.05) is 30.3 Å². The molecular formula is C18H20FN3O3. The van der Waals surface area contributed by atoms with Gasteiger partial charge in [-0.15, -0.1) is 0 Å².